The van der Waals surface area contributed by atoms with E-state index >= 15 is 0 Å². The summed E-state index contributed by atoms with van der Waals surface area (Å²) in [5, 5.41) is 9.72. The summed E-state index contributed by atoms with van der Waals surface area (Å²) in [7, 11) is 0. The van der Waals surface area contributed by atoms with Gasteiger partial charge in [-0.25, -0.2) is 9.97 Å². The molecular weight excluding hydrogens is 230 g/mol. The lowest BCUT2D eigenvalue weighted by Gasteiger charge is -2.03. The number of nitrogens with zero attached hydrogens (tertiary/aromatic N) is 3. The minimum atomic E-state index is 0.663. The molecule has 0 spiro atoms. The van der Waals surface area contributed by atoms with Crippen LogP contribution < -0.4 is 0 Å². The van der Waals surface area contributed by atoms with Crippen LogP contribution in [0.1, 0.15) is 16.7 Å². The third-order valence-corrected chi connectivity index (χ3v) is 3.18. The first-order valence-corrected chi connectivity index (χ1v) is 5.98. The molecule has 0 radical (unpaired) electrons. The van der Waals surface area contributed by atoms with Gasteiger partial charge in [0, 0.05) is 17.3 Å². The molecule has 1 aromatic heterocycles. The van der Waals surface area contributed by atoms with Gasteiger partial charge in [-0.3, -0.25) is 0 Å². The maximum absolute atomic E-state index is 9.06. The Morgan fingerprint density at radius 1 is 1.12 bits per heavy atom. The topological polar surface area (TPSA) is 49.6 Å². The summed E-state index contributed by atoms with van der Waals surface area (Å²) >= 11 is 1.41. The van der Waals surface area contributed by atoms with Gasteiger partial charge < -0.3 is 0 Å². The third-order valence-electron chi connectivity index (χ3n) is 2.21. The Morgan fingerprint density at radius 2 is 1.82 bits per heavy atom. The molecule has 0 amide bonds. The van der Waals surface area contributed by atoms with Crippen LogP contribution in [0.3, 0.4) is 0 Å². The van der Waals surface area contributed by atoms with Gasteiger partial charge >= 0.3 is 0 Å². The standard InChI is InChI=1S/C13H11N3S/c1-9-3-4-12(11(5-9)6-14)17-13-15-7-10(2)8-16-13/h3-5,7-8H,1-2H3. The second-order valence-corrected chi connectivity index (χ2v) is 4.77. The van der Waals surface area contributed by atoms with Crippen LogP contribution in [0.4, 0.5) is 0 Å². The van der Waals surface area contributed by atoms with Gasteiger partial charge in [0.1, 0.15) is 6.07 Å². The molecule has 0 unspecified atom stereocenters. The van der Waals surface area contributed by atoms with Crippen LogP contribution in [-0.4, -0.2) is 9.97 Å². The molecule has 4 heteroatoms. The molecule has 2 rings (SSSR count). The molecule has 0 aliphatic carbocycles. The maximum atomic E-state index is 9.06. The van der Waals surface area contributed by atoms with Crippen molar-refractivity contribution >= 4 is 11.8 Å². The fourth-order valence-electron chi connectivity index (χ4n) is 1.35. The third kappa shape index (κ3) is 2.83. The highest BCUT2D eigenvalue weighted by atomic mass is 32.2. The van der Waals surface area contributed by atoms with E-state index in [1.165, 1.54) is 11.8 Å². The molecule has 0 fully saturated rings. The van der Waals surface area contributed by atoms with Crippen molar-refractivity contribution in [2.45, 2.75) is 23.9 Å². The van der Waals surface area contributed by atoms with Crippen LogP contribution in [0.2, 0.25) is 0 Å². The van der Waals surface area contributed by atoms with Crippen molar-refractivity contribution in [3.8, 4) is 6.07 Å². The minimum absolute atomic E-state index is 0.663. The first-order chi connectivity index (χ1) is 8.19. The second kappa shape index (κ2) is 4.98. The average molecular weight is 241 g/mol. The lowest BCUT2D eigenvalue weighted by molar-refractivity contribution is 0.949. The van der Waals surface area contributed by atoms with Gasteiger partial charge in [-0.1, -0.05) is 6.07 Å². The first kappa shape index (κ1) is 11.6. The van der Waals surface area contributed by atoms with Gasteiger partial charge in [0.25, 0.3) is 0 Å². The number of benzene rings is 1. The average Bonchev–Trinajstić information content (AvgIpc) is 2.34. The first-order valence-electron chi connectivity index (χ1n) is 5.16. The fourth-order valence-corrected chi connectivity index (χ4v) is 2.11. The molecule has 2 aromatic rings. The highest BCUT2D eigenvalue weighted by molar-refractivity contribution is 7.99. The summed E-state index contributed by atoms with van der Waals surface area (Å²) in [4.78, 5) is 9.32. The Balaban J connectivity index is 2.30. The van der Waals surface area contributed by atoms with E-state index in [0.717, 1.165) is 16.0 Å². The number of hydrogen-bond donors (Lipinski definition) is 0. The van der Waals surface area contributed by atoms with E-state index in [-0.39, 0.29) is 0 Å². The van der Waals surface area contributed by atoms with Crippen LogP contribution >= 0.6 is 11.8 Å². The van der Waals surface area contributed by atoms with Crippen LogP contribution in [0, 0.1) is 25.2 Å². The van der Waals surface area contributed by atoms with E-state index in [4.69, 9.17) is 5.26 Å². The van der Waals surface area contributed by atoms with Gasteiger partial charge in [-0.05, 0) is 48.9 Å². The van der Waals surface area contributed by atoms with Crippen molar-refractivity contribution in [1.82, 2.24) is 9.97 Å². The van der Waals surface area contributed by atoms with Gasteiger partial charge in [0.2, 0.25) is 0 Å². The molecule has 1 aromatic carbocycles. The second-order valence-electron chi connectivity index (χ2n) is 3.76. The molecule has 0 bridgehead atoms. The van der Waals surface area contributed by atoms with E-state index < -0.39 is 0 Å². The predicted molar refractivity (Wildman–Crippen MR) is 66.8 cm³/mol. The molecule has 84 valence electrons. The Labute approximate surface area is 105 Å². The van der Waals surface area contributed by atoms with Crippen LogP contribution in [0.5, 0.6) is 0 Å². The highest BCUT2D eigenvalue weighted by Crippen LogP contribution is 2.27. The zero-order valence-corrected chi connectivity index (χ0v) is 10.5. The molecular formula is C13H11N3S. The summed E-state index contributed by atoms with van der Waals surface area (Å²) < 4.78 is 0. The minimum Gasteiger partial charge on any atom is -0.231 e. The summed E-state index contributed by atoms with van der Waals surface area (Å²) in [6, 6.07) is 7.98. The zero-order chi connectivity index (χ0) is 12.3. The number of hydrogen-bond acceptors (Lipinski definition) is 4. The molecule has 0 saturated carbocycles. The molecule has 0 saturated heterocycles. The Kier molecular flexibility index (Phi) is 3.40. The van der Waals surface area contributed by atoms with E-state index in [9.17, 15) is 0 Å². The smallest absolute Gasteiger partial charge is 0.192 e. The summed E-state index contributed by atoms with van der Waals surface area (Å²) in [6.45, 7) is 3.92. The van der Waals surface area contributed by atoms with Crippen molar-refractivity contribution in [3.05, 3.63) is 47.3 Å². The molecule has 0 atom stereocenters. The summed E-state index contributed by atoms with van der Waals surface area (Å²) in [5.74, 6) is 0. The van der Waals surface area contributed by atoms with Crippen molar-refractivity contribution in [3.63, 3.8) is 0 Å². The predicted octanol–water partition coefficient (Wildman–Crippen LogP) is 3.12. The number of aryl methyl sites for hydroxylation is 2. The summed E-state index contributed by atoms with van der Waals surface area (Å²) in [5.41, 5.74) is 2.77. The lowest BCUT2D eigenvalue weighted by Crippen LogP contribution is -1.88. The van der Waals surface area contributed by atoms with Crippen molar-refractivity contribution in [1.29, 1.82) is 5.26 Å². The van der Waals surface area contributed by atoms with Gasteiger partial charge in [-0.2, -0.15) is 5.26 Å². The van der Waals surface area contributed by atoms with Crippen LogP contribution in [0.25, 0.3) is 0 Å². The van der Waals surface area contributed by atoms with Crippen molar-refractivity contribution in [2.75, 3.05) is 0 Å². The van der Waals surface area contributed by atoms with Crippen LogP contribution in [-0.2, 0) is 0 Å². The van der Waals surface area contributed by atoms with Gasteiger partial charge in [-0.15, -0.1) is 0 Å². The Bertz CT molecular complexity index is 570. The van der Waals surface area contributed by atoms with Gasteiger partial charge in [0.15, 0.2) is 5.16 Å². The lowest BCUT2D eigenvalue weighted by atomic mass is 10.2. The van der Waals surface area contributed by atoms with E-state index in [0.29, 0.717) is 10.7 Å². The Hall–Kier alpha value is -1.86. The van der Waals surface area contributed by atoms with Gasteiger partial charge in [0.05, 0.1) is 5.56 Å². The number of nitriles is 1. The normalized spacial score (nSPS) is 9.94. The zero-order valence-electron chi connectivity index (χ0n) is 9.64. The summed E-state index contributed by atoms with van der Waals surface area (Å²) in [6.07, 6.45) is 3.55. The largest absolute Gasteiger partial charge is 0.231 e. The van der Waals surface area contributed by atoms with E-state index in [2.05, 4.69) is 16.0 Å². The molecule has 0 aliphatic heterocycles. The molecule has 3 nitrogen and oxygen atoms in total. The highest BCUT2D eigenvalue weighted by Gasteiger charge is 2.06. The van der Waals surface area contributed by atoms with E-state index in [1.54, 1.807) is 12.4 Å². The van der Waals surface area contributed by atoms with Crippen molar-refractivity contribution < 1.29 is 0 Å². The molecule has 1 heterocycles. The maximum Gasteiger partial charge on any atom is 0.192 e. The van der Waals surface area contributed by atoms with Crippen LogP contribution in [0.15, 0.2) is 40.6 Å². The number of aromatic nitrogens is 2. The Morgan fingerprint density at radius 3 is 2.47 bits per heavy atom. The number of rotatable bonds is 2. The molecule has 17 heavy (non-hydrogen) atoms. The fraction of sp³-hybridized carbons (Fsp3) is 0.154. The monoisotopic (exact) mass is 241 g/mol. The van der Waals surface area contributed by atoms with E-state index in [1.807, 2.05) is 32.0 Å². The SMILES string of the molecule is Cc1cnc(Sc2ccc(C)cc2C#N)nc1. The quantitative estimate of drug-likeness (QED) is 0.758. The molecule has 0 N–H and O–H groups in total. The van der Waals surface area contributed by atoms with Crippen molar-refractivity contribution in [2.24, 2.45) is 0 Å². The molecule has 0 aliphatic rings.